The summed E-state index contributed by atoms with van der Waals surface area (Å²) in [5, 5.41) is 0. The average Bonchev–Trinajstić information content (AvgIpc) is 2.80. The molecule has 1 fully saturated rings. The third kappa shape index (κ3) is 4.79. The van der Waals surface area contributed by atoms with E-state index in [1.807, 2.05) is 61.2 Å². The molecule has 1 aliphatic rings. The van der Waals surface area contributed by atoms with Gasteiger partial charge < -0.3 is 9.80 Å². The summed E-state index contributed by atoms with van der Waals surface area (Å²) >= 11 is 0. The lowest BCUT2D eigenvalue weighted by Crippen LogP contribution is -2.48. The van der Waals surface area contributed by atoms with Crippen LogP contribution >= 0.6 is 0 Å². The molecule has 3 aromatic rings. The minimum absolute atomic E-state index is 0.0135. The molecule has 0 atom stereocenters. The molecular weight excluding hydrogens is 391 g/mol. The predicted octanol–water partition coefficient (Wildman–Crippen LogP) is 4.26. The fraction of sp³-hybridized carbons (Fsp3) is 0.240. The zero-order valence-corrected chi connectivity index (χ0v) is 17.8. The van der Waals surface area contributed by atoms with E-state index in [0.717, 1.165) is 22.6 Å². The van der Waals surface area contributed by atoms with Gasteiger partial charge in [-0.2, -0.15) is 0 Å². The van der Waals surface area contributed by atoms with Crippen molar-refractivity contribution in [2.24, 2.45) is 0 Å². The molecule has 1 amide bonds. The highest BCUT2D eigenvalue weighted by Gasteiger charge is 2.23. The van der Waals surface area contributed by atoms with Gasteiger partial charge in [0.15, 0.2) is 5.82 Å². The van der Waals surface area contributed by atoms with Gasteiger partial charge >= 0.3 is 0 Å². The molecule has 1 aromatic heterocycles. The standard InChI is InChI=1S/C25H25FN4O/c1-18-19(2)27-24(21-9-6-10-22(26)17-21)28-25(18)30-15-13-29(14-16-30)23(31)12-11-20-7-4-3-5-8-20/h3-12,17H,13-16H2,1-2H3/b12-11+. The van der Waals surface area contributed by atoms with Gasteiger partial charge in [-0.05, 0) is 37.6 Å². The molecule has 0 spiro atoms. The van der Waals surface area contributed by atoms with Gasteiger partial charge in [-0.3, -0.25) is 4.79 Å². The zero-order valence-electron chi connectivity index (χ0n) is 17.8. The SMILES string of the molecule is Cc1nc(-c2cccc(F)c2)nc(N2CCN(C(=O)/C=C/c3ccccc3)CC2)c1C. The number of amides is 1. The van der Waals surface area contributed by atoms with Crippen LogP contribution in [0.3, 0.4) is 0 Å². The molecule has 0 radical (unpaired) electrons. The summed E-state index contributed by atoms with van der Waals surface area (Å²) in [6.45, 7) is 6.55. The van der Waals surface area contributed by atoms with Crippen molar-refractivity contribution >= 4 is 17.8 Å². The van der Waals surface area contributed by atoms with E-state index in [2.05, 4.69) is 9.88 Å². The van der Waals surface area contributed by atoms with Crippen molar-refractivity contribution in [3.63, 3.8) is 0 Å². The number of hydrogen-bond acceptors (Lipinski definition) is 4. The number of benzene rings is 2. The summed E-state index contributed by atoms with van der Waals surface area (Å²) in [6, 6.07) is 16.1. The Morgan fingerprint density at radius 3 is 2.42 bits per heavy atom. The summed E-state index contributed by atoms with van der Waals surface area (Å²) in [6.07, 6.45) is 3.48. The Labute approximate surface area is 181 Å². The number of aromatic nitrogens is 2. The van der Waals surface area contributed by atoms with Crippen molar-refractivity contribution in [3.05, 3.63) is 83.3 Å². The molecule has 2 heterocycles. The Morgan fingerprint density at radius 1 is 0.968 bits per heavy atom. The molecular formula is C25H25FN4O. The highest BCUT2D eigenvalue weighted by Crippen LogP contribution is 2.25. The Morgan fingerprint density at radius 2 is 1.71 bits per heavy atom. The molecule has 158 valence electrons. The first-order valence-electron chi connectivity index (χ1n) is 10.4. The van der Waals surface area contributed by atoms with Gasteiger partial charge in [-0.15, -0.1) is 0 Å². The van der Waals surface area contributed by atoms with Crippen molar-refractivity contribution in [2.45, 2.75) is 13.8 Å². The van der Waals surface area contributed by atoms with Gasteiger partial charge in [0.2, 0.25) is 5.91 Å². The van der Waals surface area contributed by atoms with Gasteiger partial charge in [0, 0.05) is 49.1 Å². The molecule has 0 aliphatic carbocycles. The highest BCUT2D eigenvalue weighted by atomic mass is 19.1. The van der Waals surface area contributed by atoms with Crippen LogP contribution < -0.4 is 4.90 Å². The predicted molar refractivity (Wildman–Crippen MR) is 121 cm³/mol. The van der Waals surface area contributed by atoms with Gasteiger partial charge in [0.1, 0.15) is 11.6 Å². The van der Waals surface area contributed by atoms with E-state index in [-0.39, 0.29) is 11.7 Å². The Hall–Kier alpha value is -3.54. The van der Waals surface area contributed by atoms with Gasteiger partial charge in [-0.1, -0.05) is 42.5 Å². The molecule has 1 aliphatic heterocycles. The lowest BCUT2D eigenvalue weighted by Gasteiger charge is -2.36. The summed E-state index contributed by atoms with van der Waals surface area (Å²) in [5.74, 6) is 1.07. The van der Waals surface area contributed by atoms with E-state index in [4.69, 9.17) is 4.98 Å². The number of carbonyl (C=O) groups is 1. The highest BCUT2D eigenvalue weighted by molar-refractivity contribution is 5.92. The first-order valence-corrected chi connectivity index (χ1v) is 10.4. The molecule has 0 unspecified atom stereocenters. The van der Waals surface area contributed by atoms with E-state index >= 15 is 0 Å². The lowest BCUT2D eigenvalue weighted by atomic mass is 10.1. The van der Waals surface area contributed by atoms with Crippen LogP contribution in [-0.2, 0) is 4.79 Å². The van der Waals surface area contributed by atoms with E-state index in [9.17, 15) is 9.18 Å². The van der Waals surface area contributed by atoms with Crippen LogP contribution in [0.2, 0.25) is 0 Å². The second-order valence-corrected chi connectivity index (χ2v) is 7.65. The van der Waals surface area contributed by atoms with Crippen LogP contribution in [0.1, 0.15) is 16.8 Å². The van der Waals surface area contributed by atoms with Crippen molar-refractivity contribution in [3.8, 4) is 11.4 Å². The number of hydrogen-bond donors (Lipinski definition) is 0. The number of anilines is 1. The second kappa shape index (κ2) is 9.08. The Balaban J connectivity index is 1.47. The van der Waals surface area contributed by atoms with E-state index in [0.29, 0.717) is 37.6 Å². The monoisotopic (exact) mass is 416 g/mol. The minimum atomic E-state index is -0.309. The number of rotatable bonds is 4. The molecule has 0 bridgehead atoms. The maximum Gasteiger partial charge on any atom is 0.246 e. The fourth-order valence-electron chi connectivity index (χ4n) is 3.65. The van der Waals surface area contributed by atoms with Gasteiger partial charge in [0.25, 0.3) is 0 Å². The first kappa shape index (κ1) is 20.7. The van der Waals surface area contributed by atoms with Crippen LogP contribution in [-0.4, -0.2) is 47.0 Å². The Bertz CT molecular complexity index is 1110. The van der Waals surface area contributed by atoms with Crippen LogP contribution in [0.15, 0.2) is 60.7 Å². The van der Waals surface area contributed by atoms with Gasteiger partial charge in [0.05, 0.1) is 0 Å². The first-order chi connectivity index (χ1) is 15.0. The molecule has 0 saturated carbocycles. The number of nitrogens with zero attached hydrogens (tertiary/aromatic N) is 4. The molecule has 6 heteroatoms. The molecule has 31 heavy (non-hydrogen) atoms. The minimum Gasteiger partial charge on any atom is -0.353 e. The van der Waals surface area contributed by atoms with E-state index in [1.54, 1.807) is 12.1 Å². The molecule has 5 nitrogen and oxygen atoms in total. The number of piperazine rings is 1. The summed E-state index contributed by atoms with van der Waals surface area (Å²) in [5.41, 5.74) is 3.54. The number of halogens is 1. The molecule has 2 aromatic carbocycles. The van der Waals surface area contributed by atoms with Crippen LogP contribution in [0.25, 0.3) is 17.5 Å². The van der Waals surface area contributed by atoms with Crippen LogP contribution in [0.5, 0.6) is 0 Å². The van der Waals surface area contributed by atoms with Crippen molar-refractivity contribution in [2.75, 3.05) is 31.1 Å². The maximum atomic E-state index is 13.7. The lowest BCUT2D eigenvalue weighted by molar-refractivity contribution is -0.126. The smallest absolute Gasteiger partial charge is 0.246 e. The number of carbonyl (C=O) groups excluding carboxylic acids is 1. The van der Waals surface area contributed by atoms with E-state index in [1.165, 1.54) is 12.1 Å². The summed E-state index contributed by atoms with van der Waals surface area (Å²) in [7, 11) is 0. The van der Waals surface area contributed by atoms with Crippen LogP contribution in [0, 0.1) is 19.7 Å². The maximum absolute atomic E-state index is 13.7. The third-order valence-electron chi connectivity index (χ3n) is 5.56. The van der Waals surface area contributed by atoms with Crippen LogP contribution in [0.4, 0.5) is 10.2 Å². The quantitative estimate of drug-likeness (QED) is 0.597. The topological polar surface area (TPSA) is 49.3 Å². The Kier molecular flexibility index (Phi) is 6.07. The normalized spacial score (nSPS) is 14.3. The zero-order chi connectivity index (χ0) is 21.8. The molecule has 0 N–H and O–H groups in total. The number of aryl methyl sites for hydroxylation is 1. The van der Waals surface area contributed by atoms with Crippen molar-refractivity contribution in [1.82, 2.24) is 14.9 Å². The van der Waals surface area contributed by atoms with E-state index < -0.39 is 0 Å². The molecule has 4 rings (SSSR count). The summed E-state index contributed by atoms with van der Waals surface area (Å²) in [4.78, 5) is 25.9. The van der Waals surface area contributed by atoms with Gasteiger partial charge in [-0.25, -0.2) is 14.4 Å². The van der Waals surface area contributed by atoms with Crippen molar-refractivity contribution < 1.29 is 9.18 Å². The third-order valence-corrected chi connectivity index (χ3v) is 5.56. The summed E-state index contributed by atoms with van der Waals surface area (Å²) < 4.78 is 13.7. The fourth-order valence-corrected chi connectivity index (χ4v) is 3.65. The largest absolute Gasteiger partial charge is 0.353 e. The second-order valence-electron chi connectivity index (χ2n) is 7.65. The molecule has 1 saturated heterocycles. The van der Waals surface area contributed by atoms with Crippen molar-refractivity contribution in [1.29, 1.82) is 0 Å². The average molecular weight is 417 g/mol.